The molecule has 90 valence electrons. The predicted octanol–water partition coefficient (Wildman–Crippen LogP) is 1.29. The van der Waals surface area contributed by atoms with E-state index in [0.717, 1.165) is 0 Å². The molecule has 0 bridgehead atoms. The number of nitrogens with two attached hydrogens (primary N) is 1. The zero-order valence-electron chi connectivity index (χ0n) is 9.15. The Morgan fingerprint density at radius 3 is 2.83 bits per heavy atom. The van der Waals surface area contributed by atoms with E-state index >= 15 is 0 Å². The number of H-pyrrole nitrogens is 2. The third-order valence-corrected chi connectivity index (χ3v) is 2.90. The number of fused-ring (bicyclic) bond motifs is 3. The molecule has 0 amide bonds. The van der Waals surface area contributed by atoms with Crippen molar-refractivity contribution in [3.63, 3.8) is 0 Å². The van der Waals surface area contributed by atoms with Crippen molar-refractivity contribution < 1.29 is 9.90 Å². The second-order valence-electron chi connectivity index (χ2n) is 4.02. The lowest BCUT2D eigenvalue weighted by atomic mass is 10.1. The molecule has 6 heteroatoms. The van der Waals surface area contributed by atoms with Gasteiger partial charge in [0, 0.05) is 28.2 Å². The molecular formula is C12H9N3O3. The van der Waals surface area contributed by atoms with Crippen LogP contribution in [-0.2, 0) is 0 Å². The van der Waals surface area contributed by atoms with Crippen LogP contribution < -0.4 is 11.3 Å². The van der Waals surface area contributed by atoms with E-state index in [4.69, 9.17) is 10.8 Å². The van der Waals surface area contributed by atoms with E-state index in [1.165, 1.54) is 6.20 Å². The molecule has 1 aromatic carbocycles. The van der Waals surface area contributed by atoms with Crippen molar-refractivity contribution in [3.05, 3.63) is 40.3 Å². The van der Waals surface area contributed by atoms with Gasteiger partial charge in [0.2, 0.25) is 0 Å². The molecule has 0 radical (unpaired) electrons. The Morgan fingerprint density at radius 2 is 2.11 bits per heavy atom. The fourth-order valence-corrected chi connectivity index (χ4v) is 2.11. The Kier molecular flexibility index (Phi) is 1.94. The standard InChI is InChI=1S/C12H9N3O3/c13-5-1-2-8-6(3-5)9-7(12(17)18)4-14-10(9)11(16)15-8/h1-4,14H,13H2,(H,15,16)(H,17,18). The van der Waals surface area contributed by atoms with Crippen LogP contribution in [0.15, 0.2) is 29.2 Å². The van der Waals surface area contributed by atoms with Crippen molar-refractivity contribution >= 4 is 33.5 Å². The summed E-state index contributed by atoms with van der Waals surface area (Å²) in [5.74, 6) is -1.09. The van der Waals surface area contributed by atoms with Gasteiger partial charge in [-0.05, 0) is 18.2 Å². The van der Waals surface area contributed by atoms with E-state index in [9.17, 15) is 9.59 Å². The van der Waals surface area contributed by atoms with Crippen molar-refractivity contribution in [1.82, 2.24) is 9.97 Å². The Labute approximate surface area is 100 Å². The second-order valence-corrected chi connectivity index (χ2v) is 4.02. The van der Waals surface area contributed by atoms with Gasteiger partial charge in [-0.2, -0.15) is 0 Å². The van der Waals surface area contributed by atoms with E-state index in [1.807, 2.05) is 0 Å². The molecular weight excluding hydrogens is 234 g/mol. The highest BCUT2D eigenvalue weighted by molar-refractivity contribution is 6.15. The molecule has 0 unspecified atom stereocenters. The topological polar surface area (TPSA) is 112 Å². The molecule has 3 rings (SSSR count). The Morgan fingerprint density at radius 1 is 1.33 bits per heavy atom. The number of rotatable bonds is 1. The summed E-state index contributed by atoms with van der Waals surface area (Å²) in [7, 11) is 0. The summed E-state index contributed by atoms with van der Waals surface area (Å²) in [5.41, 5.74) is 6.72. The average Bonchev–Trinajstić information content (AvgIpc) is 2.76. The summed E-state index contributed by atoms with van der Waals surface area (Å²) in [6.45, 7) is 0. The molecule has 0 spiro atoms. The molecule has 0 saturated heterocycles. The number of carboxylic acid groups (broad SMARTS) is 1. The minimum Gasteiger partial charge on any atom is -0.478 e. The maximum Gasteiger partial charge on any atom is 0.337 e. The number of hydrogen-bond acceptors (Lipinski definition) is 3. The van der Waals surface area contributed by atoms with Crippen molar-refractivity contribution in [1.29, 1.82) is 0 Å². The molecule has 3 aromatic rings. The second kappa shape index (κ2) is 3.36. The highest BCUT2D eigenvalue weighted by Crippen LogP contribution is 2.26. The number of pyridine rings is 1. The minimum atomic E-state index is -1.09. The molecule has 0 saturated carbocycles. The molecule has 18 heavy (non-hydrogen) atoms. The smallest absolute Gasteiger partial charge is 0.337 e. The zero-order chi connectivity index (χ0) is 12.9. The summed E-state index contributed by atoms with van der Waals surface area (Å²) in [4.78, 5) is 28.3. The van der Waals surface area contributed by atoms with Crippen LogP contribution in [0.2, 0.25) is 0 Å². The average molecular weight is 243 g/mol. The monoisotopic (exact) mass is 243 g/mol. The van der Waals surface area contributed by atoms with E-state index in [2.05, 4.69) is 9.97 Å². The zero-order valence-corrected chi connectivity index (χ0v) is 9.15. The quantitative estimate of drug-likeness (QED) is 0.482. The van der Waals surface area contributed by atoms with Crippen LogP contribution in [0.4, 0.5) is 5.69 Å². The van der Waals surface area contributed by atoms with E-state index in [-0.39, 0.29) is 16.6 Å². The number of anilines is 1. The molecule has 0 aliphatic carbocycles. The first kappa shape index (κ1) is 10.4. The fourth-order valence-electron chi connectivity index (χ4n) is 2.11. The Bertz CT molecular complexity index is 845. The van der Waals surface area contributed by atoms with Crippen LogP contribution in [0.5, 0.6) is 0 Å². The van der Waals surface area contributed by atoms with Gasteiger partial charge in [-0.3, -0.25) is 4.79 Å². The first-order valence-corrected chi connectivity index (χ1v) is 5.24. The van der Waals surface area contributed by atoms with Gasteiger partial charge < -0.3 is 20.8 Å². The molecule has 6 nitrogen and oxygen atoms in total. The summed E-state index contributed by atoms with van der Waals surface area (Å²) in [6.07, 6.45) is 1.31. The number of carbonyl (C=O) groups is 1. The van der Waals surface area contributed by atoms with Crippen LogP contribution in [0, 0.1) is 0 Å². The van der Waals surface area contributed by atoms with Gasteiger partial charge in [0.1, 0.15) is 5.52 Å². The van der Waals surface area contributed by atoms with E-state index < -0.39 is 5.97 Å². The maximum absolute atomic E-state index is 11.8. The summed E-state index contributed by atoms with van der Waals surface area (Å²) < 4.78 is 0. The SMILES string of the molecule is Nc1ccc2[nH]c(=O)c3[nH]cc(C(=O)O)c3c2c1. The van der Waals surface area contributed by atoms with Gasteiger partial charge in [0.05, 0.1) is 5.56 Å². The number of aromatic nitrogens is 2. The lowest BCUT2D eigenvalue weighted by Crippen LogP contribution is -2.07. The van der Waals surface area contributed by atoms with Gasteiger partial charge in [-0.15, -0.1) is 0 Å². The van der Waals surface area contributed by atoms with E-state index in [1.54, 1.807) is 18.2 Å². The van der Waals surface area contributed by atoms with Crippen molar-refractivity contribution in [3.8, 4) is 0 Å². The van der Waals surface area contributed by atoms with Gasteiger partial charge >= 0.3 is 5.97 Å². The first-order chi connectivity index (χ1) is 8.58. The van der Waals surface area contributed by atoms with Gasteiger partial charge in [-0.1, -0.05) is 0 Å². The normalized spacial score (nSPS) is 11.1. The third-order valence-electron chi connectivity index (χ3n) is 2.90. The Balaban J connectivity index is 2.64. The van der Waals surface area contributed by atoms with Crippen LogP contribution in [0.25, 0.3) is 21.8 Å². The first-order valence-electron chi connectivity index (χ1n) is 5.24. The largest absolute Gasteiger partial charge is 0.478 e. The predicted molar refractivity (Wildman–Crippen MR) is 67.8 cm³/mol. The highest BCUT2D eigenvalue weighted by atomic mass is 16.4. The van der Waals surface area contributed by atoms with Crippen molar-refractivity contribution in [2.24, 2.45) is 0 Å². The number of carboxylic acids is 1. The van der Waals surface area contributed by atoms with Crippen LogP contribution in [0.3, 0.4) is 0 Å². The molecule has 0 atom stereocenters. The number of aromatic amines is 2. The lowest BCUT2D eigenvalue weighted by molar-refractivity contribution is 0.0699. The highest BCUT2D eigenvalue weighted by Gasteiger charge is 2.16. The van der Waals surface area contributed by atoms with Crippen LogP contribution >= 0.6 is 0 Å². The number of aromatic carboxylic acids is 1. The molecule has 0 aliphatic rings. The molecule has 0 aliphatic heterocycles. The summed E-state index contributed by atoms with van der Waals surface area (Å²) >= 11 is 0. The third kappa shape index (κ3) is 1.29. The fraction of sp³-hybridized carbons (Fsp3) is 0. The van der Waals surface area contributed by atoms with Crippen LogP contribution in [0.1, 0.15) is 10.4 Å². The van der Waals surface area contributed by atoms with Crippen LogP contribution in [-0.4, -0.2) is 21.0 Å². The number of nitrogens with one attached hydrogen (secondary N) is 2. The number of benzene rings is 1. The molecule has 5 N–H and O–H groups in total. The molecule has 0 fully saturated rings. The number of hydrogen-bond donors (Lipinski definition) is 4. The van der Waals surface area contributed by atoms with E-state index in [0.29, 0.717) is 22.0 Å². The van der Waals surface area contributed by atoms with Gasteiger partial charge in [0.25, 0.3) is 5.56 Å². The Hall–Kier alpha value is -2.76. The minimum absolute atomic E-state index is 0.0618. The maximum atomic E-state index is 11.8. The number of nitrogen functional groups attached to an aromatic ring is 1. The van der Waals surface area contributed by atoms with Gasteiger partial charge in [-0.25, -0.2) is 4.79 Å². The lowest BCUT2D eigenvalue weighted by Gasteiger charge is -2.02. The van der Waals surface area contributed by atoms with Crippen molar-refractivity contribution in [2.75, 3.05) is 5.73 Å². The molecule has 2 aromatic heterocycles. The summed E-state index contributed by atoms with van der Waals surface area (Å²) in [6, 6.07) is 4.95. The van der Waals surface area contributed by atoms with Crippen molar-refractivity contribution in [2.45, 2.75) is 0 Å². The van der Waals surface area contributed by atoms with Gasteiger partial charge in [0.15, 0.2) is 0 Å². The summed E-state index contributed by atoms with van der Waals surface area (Å²) in [5, 5.41) is 10.1. The molecule has 2 heterocycles.